The summed E-state index contributed by atoms with van der Waals surface area (Å²) in [5, 5.41) is 4.57. The van der Waals surface area contributed by atoms with Crippen LogP contribution in [0.3, 0.4) is 0 Å². The van der Waals surface area contributed by atoms with Gasteiger partial charge in [-0.3, -0.25) is 0 Å². The molecule has 2 fully saturated rings. The van der Waals surface area contributed by atoms with Crippen LogP contribution in [0.5, 0.6) is 0 Å². The molecule has 0 bridgehead atoms. The van der Waals surface area contributed by atoms with Gasteiger partial charge in [0.15, 0.2) is 11.5 Å². The normalized spacial score (nSPS) is 26.3. The summed E-state index contributed by atoms with van der Waals surface area (Å²) in [7, 11) is 0. The van der Waals surface area contributed by atoms with Crippen LogP contribution in [0.15, 0.2) is 6.07 Å². The van der Waals surface area contributed by atoms with Gasteiger partial charge in [0.25, 0.3) is 0 Å². The first-order valence-electron chi connectivity index (χ1n) is 12.3. The highest BCUT2D eigenvalue weighted by Gasteiger charge is 2.43. The maximum absolute atomic E-state index is 15.5. The highest BCUT2D eigenvalue weighted by molar-refractivity contribution is 5.68. The molecule has 0 N–H and O–H groups in total. The number of ether oxygens (including phenoxy) is 1. The molecule has 4 rings (SSSR count). The van der Waals surface area contributed by atoms with Crippen molar-refractivity contribution < 1.29 is 27.1 Å². The zero-order valence-electron chi connectivity index (χ0n) is 21.0. The van der Waals surface area contributed by atoms with Crippen molar-refractivity contribution in [1.82, 2.24) is 19.5 Å². The van der Waals surface area contributed by atoms with Crippen LogP contribution in [0.2, 0.25) is 0 Å². The first-order chi connectivity index (χ1) is 16.2. The fourth-order valence-corrected chi connectivity index (χ4v) is 5.32. The van der Waals surface area contributed by atoms with Crippen molar-refractivity contribution >= 4 is 11.7 Å². The summed E-state index contributed by atoms with van der Waals surface area (Å²) in [5.41, 5.74) is 1.05. The number of likely N-dealkylation sites (tertiary alicyclic amines) is 1. The fourth-order valence-electron chi connectivity index (χ4n) is 5.32. The highest BCUT2D eigenvalue weighted by Crippen LogP contribution is 2.43. The zero-order chi connectivity index (χ0) is 25.7. The number of aryl methyl sites for hydroxylation is 1. The molecule has 0 aromatic carbocycles. The Bertz CT molecular complexity index is 1080. The van der Waals surface area contributed by atoms with Gasteiger partial charge in [0.2, 0.25) is 0 Å². The molecule has 194 valence electrons. The Morgan fingerprint density at radius 2 is 1.77 bits per heavy atom. The number of hydrogen-bond acceptors (Lipinski definition) is 4. The number of carbonyl (C=O) groups excluding carboxylic acids is 1. The Morgan fingerprint density at radius 1 is 1.11 bits per heavy atom. The van der Waals surface area contributed by atoms with Gasteiger partial charge < -0.3 is 9.64 Å². The summed E-state index contributed by atoms with van der Waals surface area (Å²) in [6.07, 6.45) is -3.41. The number of alkyl halides is 3. The maximum atomic E-state index is 15.5. The van der Waals surface area contributed by atoms with Crippen molar-refractivity contribution in [3.63, 3.8) is 0 Å². The van der Waals surface area contributed by atoms with E-state index in [0.717, 1.165) is 12.1 Å². The van der Waals surface area contributed by atoms with Gasteiger partial charge in [0.1, 0.15) is 11.3 Å². The summed E-state index contributed by atoms with van der Waals surface area (Å²) >= 11 is 0. The minimum Gasteiger partial charge on any atom is -0.444 e. The number of carbonyl (C=O) groups is 1. The van der Waals surface area contributed by atoms with Crippen LogP contribution in [-0.2, 0) is 4.74 Å². The standard InChI is InChI=1S/C25H34F4N4O2/c1-14-10-11-32(23(34)35-24(3,4)5)13-18(14)19-12-15(2)30-22-20(26)21(31-33(19)22)16-6-8-17(9-7-16)25(27,28)29/h12,14,16-18H,6-11,13H2,1-5H3/t14-,16?,17?,18+/m0/s1. The summed E-state index contributed by atoms with van der Waals surface area (Å²) in [5.74, 6) is -2.18. The van der Waals surface area contributed by atoms with E-state index in [1.165, 1.54) is 4.52 Å². The number of piperidine rings is 1. The van der Waals surface area contributed by atoms with E-state index in [2.05, 4.69) is 17.0 Å². The molecule has 35 heavy (non-hydrogen) atoms. The molecule has 0 radical (unpaired) electrons. The second kappa shape index (κ2) is 9.24. The molecule has 3 heterocycles. The molecule has 1 aliphatic heterocycles. The summed E-state index contributed by atoms with van der Waals surface area (Å²) < 4.78 is 61.9. The van der Waals surface area contributed by atoms with Gasteiger partial charge in [-0.2, -0.15) is 18.3 Å². The monoisotopic (exact) mass is 498 g/mol. The molecular weight excluding hydrogens is 464 g/mol. The number of rotatable bonds is 2. The Hall–Kier alpha value is -2.39. The lowest BCUT2D eigenvalue weighted by molar-refractivity contribution is -0.182. The predicted molar refractivity (Wildman–Crippen MR) is 123 cm³/mol. The molecule has 0 spiro atoms. The smallest absolute Gasteiger partial charge is 0.410 e. The molecule has 2 aromatic heterocycles. The van der Waals surface area contributed by atoms with Crippen molar-refractivity contribution in [2.24, 2.45) is 11.8 Å². The molecule has 2 atom stereocenters. The van der Waals surface area contributed by atoms with Crippen molar-refractivity contribution in [2.45, 2.75) is 90.3 Å². The van der Waals surface area contributed by atoms with Crippen LogP contribution in [0, 0.1) is 24.6 Å². The zero-order valence-corrected chi connectivity index (χ0v) is 21.0. The van der Waals surface area contributed by atoms with E-state index in [4.69, 9.17) is 4.74 Å². The van der Waals surface area contributed by atoms with E-state index in [1.54, 1.807) is 11.8 Å². The third-order valence-electron chi connectivity index (χ3n) is 7.28. The molecule has 10 heteroatoms. The number of amides is 1. The Kier molecular flexibility index (Phi) is 6.79. The third-order valence-corrected chi connectivity index (χ3v) is 7.28. The quantitative estimate of drug-likeness (QED) is 0.451. The highest BCUT2D eigenvalue weighted by atomic mass is 19.4. The van der Waals surface area contributed by atoms with Crippen LogP contribution in [0.25, 0.3) is 5.65 Å². The molecule has 2 aliphatic rings. The first-order valence-corrected chi connectivity index (χ1v) is 12.3. The van der Waals surface area contributed by atoms with Gasteiger partial charge in [0.05, 0.1) is 11.6 Å². The molecule has 1 amide bonds. The topological polar surface area (TPSA) is 59.7 Å². The van der Waals surface area contributed by atoms with Crippen LogP contribution < -0.4 is 0 Å². The number of nitrogens with zero attached hydrogens (tertiary/aromatic N) is 4. The predicted octanol–water partition coefficient (Wildman–Crippen LogP) is 6.37. The van der Waals surface area contributed by atoms with Gasteiger partial charge >= 0.3 is 12.3 Å². The molecule has 1 saturated carbocycles. The minimum atomic E-state index is -4.22. The van der Waals surface area contributed by atoms with Gasteiger partial charge in [-0.25, -0.2) is 18.7 Å². The van der Waals surface area contributed by atoms with Crippen LogP contribution in [-0.4, -0.2) is 50.5 Å². The Morgan fingerprint density at radius 3 is 2.37 bits per heavy atom. The van der Waals surface area contributed by atoms with Gasteiger partial charge in [-0.1, -0.05) is 6.92 Å². The molecule has 0 unspecified atom stereocenters. The number of hydrogen-bond donors (Lipinski definition) is 0. The largest absolute Gasteiger partial charge is 0.444 e. The van der Waals surface area contributed by atoms with E-state index in [1.807, 2.05) is 26.8 Å². The van der Waals surface area contributed by atoms with E-state index < -0.39 is 23.5 Å². The maximum Gasteiger partial charge on any atom is 0.410 e. The van der Waals surface area contributed by atoms with Gasteiger partial charge in [-0.05, 0) is 71.8 Å². The molecular formula is C25H34F4N4O2. The third kappa shape index (κ3) is 5.40. The molecule has 1 saturated heterocycles. The minimum absolute atomic E-state index is 0.0225. The summed E-state index contributed by atoms with van der Waals surface area (Å²) in [4.78, 5) is 18.8. The van der Waals surface area contributed by atoms with Crippen molar-refractivity contribution in [3.8, 4) is 0 Å². The average molecular weight is 499 g/mol. The summed E-state index contributed by atoms with van der Waals surface area (Å²) in [6, 6.07) is 1.86. The van der Waals surface area contributed by atoms with Crippen LogP contribution >= 0.6 is 0 Å². The fraction of sp³-hybridized carbons (Fsp3) is 0.720. The van der Waals surface area contributed by atoms with E-state index >= 15 is 4.39 Å². The van der Waals surface area contributed by atoms with E-state index in [-0.39, 0.29) is 60.9 Å². The lowest BCUT2D eigenvalue weighted by atomic mass is 9.80. The molecule has 2 aromatic rings. The second-order valence-electron chi connectivity index (χ2n) is 11.1. The van der Waals surface area contributed by atoms with Crippen LogP contribution in [0.4, 0.5) is 22.4 Å². The van der Waals surface area contributed by atoms with Gasteiger partial charge in [-0.15, -0.1) is 0 Å². The van der Waals surface area contributed by atoms with E-state index in [9.17, 15) is 18.0 Å². The Labute approximate surface area is 203 Å². The summed E-state index contributed by atoms with van der Waals surface area (Å²) in [6.45, 7) is 10.3. The number of fused-ring (bicyclic) bond motifs is 1. The SMILES string of the molecule is Cc1cc([C@@H]2CN(C(=O)OC(C)(C)C)CC[C@@H]2C)n2nc(C3CCC(C(F)(F)F)CC3)c(F)c2n1. The second-order valence-corrected chi connectivity index (χ2v) is 11.1. The molecule has 6 nitrogen and oxygen atoms in total. The van der Waals surface area contributed by atoms with Crippen LogP contribution in [0.1, 0.15) is 88.7 Å². The van der Waals surface area contributed by atoms with Crippen molar-refractivity contribution in [2.75, 3.05) is 13.1 Å². The average Bonchev–Trinajstić information content (AvgIpc) is 3.08. The number of aromatic nitrogens is 3. The number of halogens is 4. The van der Waals surface area contributed by atoms with E-state index in [0.29, 0.717) is 18.8 Å². The van der Waals surface area contributed by atoms with Crippen molar-refractivity contribution in [3.05, 3.63) is 29.0 Å². The molecule has 1 aliphatic carbocycles. The van der Waals surface area contributed by atoms with Gasteiger partial charge in [0, 0.05) is 30.6 Å². The first kappa shape index (κ1) is 25.7. The lowest BCUT2D eigenvalue weighted by Gasteiger charge is -2.37. The lowest BCUT2D eigenvalue weighted by Crippen LogP contribution is -2.45. The van der Waals surface area contributed by atoms with Crippen molar-refractivity contribution in [1.29, 1.82) is 0 Å². The Balaban J connectivity index is 1.64.